The number of ether oxygens (including phenoxy) is 1. The summed E-state index contributed by atoms with van der Waals surface area (Å²) in [4.78, 5) is 22.6. The maximum Gasteiger partial charge on any atom is 0.207 e. The summed E-state index contributed by atoms with van der Waals surface area (Å²) in [5.41, 5.74) is 8.39. The highest BCUT2D eigenvalue weighted by Crippen LogP contribution is 2.31. The minimum absolute atomic E-state index is 0.382. The number of nitrogens with zero attached hydrogens (tertiary/aromatic N) is 3. The number of amides is 1. The third-order valence-electron chi connectivity index (χ3n) is 4.32. The van der Waals surface area contributed by atoms with Crippen LogP contribution in [-0.4, -0.2) is 55.4 Å². The minimum Gasteiger partial charge on any atom is -0.398 e. The van der Waals surface area contributed by atoms with Crippen molar-refractivity contribution in [1.82, 2.24) is 15.3 Å². The van der Waals surface area contributed by atoms with Crippen LogP contribution in [0.25, 0.3) is 17.5 Å². The molecule has 146 valence electrons. The lowest BCUT2D eigenvalue weighted by Gasteiger charge is -2.29. The Labute approximate surface area is 168 Å². The summed E-state index contributed by atoms with van der Waals surface area (Å²) in [5, 5.41) is 10.3. The molecule has 0 radical (unpaired) electrons. The van der Waals surface area contributed by atoms with E-state index < -0.39 is 0 Å². The summed E-state index contributed by atoms with van der Waals surface area (Å²) in [7, 11) is 0. The SMILES string of the molecule is N=Cc1c(N)cccc1-c1nc(/C=C/CNC=O)c(S)c(N2CCOCC2)n1. The second-order valence-electron chi connectivity index (χ2n) is 6.09. The highest BCUT2D eigenvalue weighted by Gasteiger charge is 2.20. The number of hydrogen-bond acceptors (Lipinski definition) is 8. The summed E-state index contributed by atoms with van der Waals surface area (Å²) in [6.45, 7) is 3.02. The molecule has 4 N–H and O–H groups in total. The Hall–Kier alpha value is -2.91. The first kappa shape index (κ1) is 19.8. The highest BCUT2D eigenvalue weighted by molar-refractivity contribution is 7.80. The van der Waals surface area contributed by atoms with Crippen molar-refractivity contribution in [1.29, 1.82) is 5.41 Å². The lowest BCUT2D eigenvalue weighted by molar-refractivity contribution is -0.109. The number of hydrogen-bond donors (Lipinski definition) is 4. The van der Waals surface area contributed by atoms with Crippen LogP contribution in [0.4, 0.5) is 11.5 Å². The van der Waals surface area contributed by atoms with Crippen LogP contribution in [0.5, 0.6) is 0 Å². The van der Waals surface area contributed by atoms with Gasteiger partial charge in [0.15, 0.2) is 5.82 Å². The van der Waals surface area contributed by atoms with Crippen molar-refractivity contribution in [2.24, 2.45) is 0 Å². The zero-order valence-corrected chi connectivity index (χ0v) is 16.2. The molecule has 9 heteroatoms. The normalized spacial score (nSPS) is 14.2. The summed E-state index contributed by atoms with van der Waals surface area (Å²) in [6.07, 6.45) is 5.44. The monoisotopic (exact) mass is 398 g/mol. The molecule has 28 heavy (non-hydrogen) atoms. The largest absolute Gasteiger partial charge is 0.398 e. The van der Waals surface area contributed by atoms with Crippen molar-refractivity contribution < 1.29 is 9.53 Å². The standard InChI is InChI=1S/C19H22N6O2S/c20-11-14-13(3-1-4-15(14)21)18-23-16(5-2-6-22-12-26)17(28)19(24-18)25-7-9-27-10-8-25/h1-5,11-12,20,28H,6-10,21H2,(H,22,26)/b5-2+,20-11?. The first-order chi connectivity index (χ1) is 13.7. The van der Waals surface area contributed by atoms with Crippen molar-refractivity contribution in [3.05, 3.63) is 35.5 Å². The van der Waals surface area contributed by atoms with Crippen LogP contribution >= 0.6 is 12.6 Å². The van der Waals surface area contributed by atoms with E-state index in [9.17, 15) is 4.79 Å². The van der Waals surface area contributed by atoms with E-state index in [-0.39, 0.29) is 0 Å². The third-order valence-corrected chi connectivity index (χ3v) is 4.75. The molecule has 0 saturated carbocycles. The van der Waals surface area contributed by atoms with E-state index in [1.165, 1.54) is 6.21 Å². The quantitative estimate of drug-likeness (QED) is 0.185. The number of carbonyl (C=O) groups is 1. The predicted molar refractivity (Wildman–Crippen MR) is 113 cm³/mol. The lowest BCUT2D eigenvalue weighted by atomic mass is 10.1. The Morgan fingerprint density at radius 2 is 2.11 bits per heavy atom. The molecule has 1 aliphatic rings. The molecule has 0 spiro atoms. The van der Waals surface area contributed by atoms with Crippen LogP contribution in [-0.2, 0) is 9.53 Å². The summed E-state index contributed by atoms with van der Waals surface area (Å²) in [6, 6.07) is 5.40. The van der Waals surface area contributed by atoms with E-state index in [1.807, 2.05) is 12.1 Å². The van der Waals surface area contributed by atoms with Gasteiger partial charge in [0.05, 0.1) is 23.8 Å². The van der Waals surface area contributed by atoms with Gasteiger partial charge in [0.25, 0.3) is 0 Å². The van der Waals surface area contributed by atoms with E-state index in [4.69, 9.17) is 20.9 Å². The summed E-state index contributed by atoms with van der Waals surface area (Å²) >= 11 is 4.66. The fraction of sp³-hybridized carbons (Fsp3) is 0.263. The fourth-order valence-corrected chi connectivity index (χ4v) is 3.23. The molecule has 0 unspecified atom stereocenters. The topological polar surface area (TPSA) is 117 Å². The fourth-order valence-electron chi connectivity index (χ4n) is 2.92. The number of nitrogens with two attached hydrogens (primary N) is 1. The number of carbonyl (C=O) groups excluding carboxylic acids is 1. The minimum atomic E-state index is 0.382. The molecule has 1 amide bonds. The molecule has 2 aromatic rings. The highest BCUT2D eigenvalue weighted by atomic mass is 32.1. The second-order valence-corrected chi connectivity index (χ2v) is 6.53. The smallest absolute Gasteiger partial charge is 0.207 e. The van der Waals surface area contributed by atoms with Crippen LogP contribution in [0, 0.1) is 5.41 Å². The number of anilines is 2. The van der Waals surface area contributed by atoms with E-state index in [2.05, 4.69) is 27.8 Å². The Morgan fingerprint density at radius 1 is 1.32 bits per heavy atom. The first-order valence-electron chi connectivity index (χ1n) is 8.82. The molecule has 0 aliphatic carbocycles. The van der Waals surface area contributed by atoms with Crippen LogP contribution in [0.2, 0.25) is 0 Å². The number of thiol groups is 1. The maximum atomic E-state index is 10.4. The Balaban J connectivity index is 2.11. The van der Waals surface area contributed by atoms with E-state index >= 15 is 0 Å². The van der Waals surface area contributed by atoms with Crippen molar-refractivity contribution in [3.63, 3.8) is 0 Å². The molecule has 3 rings (SSSR count). The molecule has 2 heterocycles. The van der Waals surface area contributed by atoms with Crippen LogP contribution in [0.1, 0.15) is 11.3 Å². The van der Waals surface area contributed by atoms with Gasteiger partial charge in [-0.2, -0.15) is 0 Å². The third kappa shape index (κ3) is 4.32. The van der Waals surface area contributed by atoms with E-state index in [1.54, 1.807) is 18.2 Å². The molecule has 1 aromatic carbocycles. The molecular weight excluding hydrogens is 376 g/mol. The number of nitrogens with one attached hydrogen (secondary N) is 2. The Kier molecular flexibility index (Phi) is 6.62. The van der Waals surface area contributed by atoms with Gasteiger partial charge < -0.3 is 26.1 Å². The van der Waals surface area contributed by atoms with Crippen LogP contribution in [0.15, 0.2) is 29.2 Å². The van der Waals surface area contributed by atoms with Crippen molar-refractivity contribution in [2.75, 3.05) is 43.5 Å². The number of aromatic nitrogens is 2. The van der Waals surface area contributed by atoms with Gasteiger partial charge >= 0.3 is 0 Å². The molecule has 0 bridgehead atoms. The lowest BCUT2D eigenvalue weighted by Crippen LogP contribution is -2.37. The van der Waals surface area contributed by atoms with Gasteiger partial charge in [0.2, 0.25) is 6.41 Å². The maximum absolute atomic E-state index is 10.4. The molecule has 1 aromatic heterocycles. The zero-order chi connectivity index (χ0) is 19.9. The second kappa shape index (κ2) is 9.34. The van der Waals surface area contributed by atoms with Gasteiger partial charge in [-0.25, -0.2) is 9.97 Å². The molecular formula is C19H22N6O2S. The molecule has 1 saturated heterocycles. The molecule has 8 nitrogen and oxygen atoms in total. The van der Waals surface area contributed by atoms with Gasteiger partial charge in [-0.1, -0.05) is 18.2 Å². The molecule has 0 atom stereocenters. The van der Waals surface area contributed by atoms with Gasteiger partial charge in [-0.05, 0) is 12.1 Å². The van der Waals surface area contributed by atoms with Crippen molar-refractivity contribution in [3.8, 4) is 11.4 Å². The number of rotatable bonds is 7. The Morgan fingerprint density at radius 3 is 2.82 bits per heavy atom. The van der Waals surface area contributed by atoms with Gasteiger partial charge in [0, 0.05) is 42.7 Å². The first-order valence-corrected chi connectivity index (χ1v) is 9.27. The van der Waals surface area contributed by atoms with Gasteiger partial charge in [0.1, 0.15) is 5.82 Å². The van der Waals surface area contributed by atoms with Crippen LogP contribution < -0.4 is 16.0 Å². The van der Waals surface area contributed by atoms with E-state index in [0.29, 0.717) is 78.3 Å². The number of nitrogen functional groups attached to an aromatic ring is 1. The Bertz CT molecular complexity index is 896. The van der Waals surface area contributed by atoms with Crippen molar-refractivity contribution >= 4 is 42.8 Å². The van der Waals surface area contributed by atoms with Crippen LogP contribution in [0.3, 0.4) is 0 Å². The predicted octanol–water partition coefficient (Wildman–Crippen LogP) is 1.61. The molecule has 1 aliphatic heterocycles. The van der Waals surface area contributed by atoms with Gasteiger partial charge in [-0.3, -0.25) is 4.79 Å². The average molecular weight is 398 g/mol. The van der Waals surface area contributed by atoms with Gasteiger partial charge in [-0.15, -0.1) is 12.6 Å². The number of benzene rings is 1. The summed E-state index contributed by atoms with van der Waals surface area (Å²) in [5.74, 6) is 1.17. The summed E-state index contributed by atoms with van der Waals surface area (Å²) < 4.78 is 5.44. The van der Waals surface area contributed by atoms with E-state index in [0.717, 1.165) is 0 Å². The zero-order valence-electron chi connectivity index (χ0n) is 15.3. The molecule has 1 fully saturated rings. The average Bonchev–Trinajstić information content (AvgIpc) is 2.72. The number of morpholine rings is 1. The van der Waals surface area contributed by atoms with Crippen molar-refractivity contribution in [2.45, 2.75) is 4.90 Å².